The summed E-state index contributed by atoms with van der Waals surface area (Å²) in [6.45, 7) is 0.0584. The van der Waals surface area contributed by atoms with Crippen molar-refractivity contribution in [2.24, 2.45) is 5.92 Å². The van der Waals surface area contributed by atoms with Crippen LogP contribution < -0.4 is 10.1 Å². The molecule has 4 rings (SSSR count). The van der Waals surface area contributed by atoms with Gasteiger partial charge in [-0.15, -0.1) is 0 Å². The number of ether oxygens (including phenoxy) is 2. The quantitative estimate of drug-likeness (QED) is 0.876. The molecule has 1 N–H and O–H groups in total. The van der Waals surface area contributed by atoms with Gasteiger partial charge in [-0.2, -0.15) is 0 Å². The van der Waals surface area contributed by atoms with Crippen molar-refractivity contribution in [3.8, 4) is 5.75 Å². The van der Waals surface area contributed by atoms with Crippen molar-refractivity contribution < 1.29 is 23.0 Å². The highest BCUT2D eigenvalue weighted by Gasteiger charge is 2.44. The summed E-state index contributed by atoms with van der Waals surface area (Å²) in [5.74, 6) is -1.20. The maximum absolute atomic E-state index is 14.2. The molecule has 136 valence electrons. The fourth-order valence-electron chi connectivity index (χ4n) is 3.63. The third-order valence-electron chi connectivity index (χ3n) is 4.93. The van der Waals surface area contributed by atoms with E-state index in [0.29, 0.717) is 11.3 Å². The van der Waals surface area contributed by atoms with Gasteiger partial charge in [0.05, 0.1) is 18.1 Å². The first-order chi connectivity index (χ1) is 12.6. The lowest BCUT2D eigenvalue weighted by Gasteiger charge is -2.18. The summed E-state index contributed by atoms with van der Waals surface area (Å²) in [6.07, 6.45) is 2.82. The predicted octanol–water partition coefficient (Wildman–Crippen LogP) is 4.05. The van der Waals surface area contributed by atoms with E-state index in [9.17, 15) is 13.6 Å². The van der Waals surface area contributed by atoms with Crippen molar-refractivity contribution >= 4 is 11.6 Å². The van der Waals surface area contributed by atoms with Gasteiger partial charge in [0.15, 0.2) is 11.6 Å². The Bertz CT molecular complexity index is 826. The fourth-order valence-corrected chi connectivity index (χ4v) is 3.63. The number of carbonyl (C=O) groups excluding carboxylic acids is 1. The maximum atomic E-state index is 14.2. The number of halogens is 2. The molecule has 0 saturated carbocycles. The van der Waals surface area contributed by atoms with Gasteiger partial charge < -0.3 is 14.8 Å². The van der Waals surface area contributed by atoms with Gasteiger partial charge in [0.2, 0.25) is 5.91 Å². The van der Waals surface area contributed by atoms with Crippen molar-refractivity contribution in [2.45, 2.75) is 38.1 Å². The third-order valence-corrected chi connectivity index (χ3v) is 4.93. The Kier molecular flexibility index (Phi) is 4.59. The van der Waals surface area contributed by atoms with Gasteiger partial charge in [-0.05, 0) is 49.1 Å². The lowest BCUT2D eigenvalue weighted by atomic mass is 9.88. The van der Waals surface area contributed by atoms with Gasteiger partial charge in [0.1, 0.15) is 12.4 Å². The molecule has 2 fully saturated rings. The van der Waals surface area contributed by atoms with E-state index < -0.39 is 5.82 Å². The average Bonchev–Trinajstić information content (AvgIpc) is 3.24. The summed E-state index contributed by atoms with van der Waals surface area (Å²) in [6, 6.07) is 10.2. The van der Waals surface area contributed by atoms with Crippen LogP contribution in [0.25, 0.3) is 0 Å². The fraction of sp³-hybridized carbons (Fsp3) is 0.350. The van der Waals surface area contributed by atoms with E-state index in [1.165, 1.54) is 24.3 Å². The van der Waals surface area contributed by atoms with Crippen molar-refractivity contribution in [1.29, 1.82) is 0 Å². The first-order valence-corrected chi connectivity index (χ1v) is 8.71. The van der Waals surface area contributed by atoms with Gasteiger partial charge in [-0.3, -0.25) is 4.79 Å². The minimum atomic E-state index is -0.580. The zero-order chi connectivity index (χ0) is 18.1. The molecule has 2 aliphatic heterocycles. The van der Waals surface area contributed by atoms with Gasteiger partial charge >= 0.3 is 0 Å². The normalized spacial score (nSPS) is 23.8. The smallest absolute Gasteiger partial charge is 0.230 e. The number of rotatable bonds is 5. The Morgan fingerprint density at radius 3 is 2.77 bits per heavy atom. The number of benzene rings is 2. The van der Waals surface area contributed by atoms with Crippen LogP contribution in [0.1, 0.15) is 24.8 Å². The average molecular weight is 359 g/mol. The monoisotopic (exact) mass is 359 g/mol. The van der Waals surface area contributed by atoms with Gasteiger partial charge in [0.25, 0.3) is 0 Å². The molecule has 2 aromatic carbocycles. The molecule has 3 atom stereocenters. The Hall–Kier alpha value is -2.47. The molecule has 0 spiro atoms. The Labute approximate surface area is 150 Å². The molecule has 4 nitrogen and oxygen atoms in total. The SMILES string of the molecule is O=C(Nc1ccc(OCc2cccc(F)c2)c(F)c1)[C@@H]1C[C@H]2CC[C@@H]1O2. The van der Waals surface area contributed by atoms with Crippen LogP contribution in [0.15, 0.2) is 42.5 Å². The second kappa shape index (κ2) is 7.03. The summed E-state index contributed by atoms with van der Waals surface area (Å²) in [7, 11) is 0. The predicted molar refractivity (Wildman–Crippen MR) is 91.8 cm³/mol. The molecule has 0 radical (unpaired) electrons. The minimum absolute atomic E-state index is 0.0151. The second-order valence-corrected chi connectivity index (χ2v) is 6.77. The first-order valence-electron chi connectivity index (χ1n) is 8.71. The topological polar surface area (TPSA) is 47.6 Å². The van der Waals surface area contributed by atoms with Crippen LogP contribution in [0.5, 0.6) is 5.75 Å². The first kappa shape index (κ1) is 17.0. The highest BCUT2D eigenvalue weighted by Crippen LogP contribution is 2.39. The van der Waals surface area contributed by atoms with E-state index in [4.69, 9.17) is 9.47 Å². The van der Waals surface area contributed by atoms with E-state index in [-0.39, 0.29) is 42.2 Å². The van der Waals surface area contributed by atoms with Crippen LogP contribution in [-0.2, 0) is 16.1 Å². The minimum Gasteiger partial charge on any atom is -0.486 e. The van der Waals surface area contributed by atoms with Crippen molar-refractivity contribution in [3.63, 3.8) is 0 Å². The number of anilines is 1. The van der Waals surface area contributed by atoms with E-state index in [1.54, 1.807) is 18.2 Å². The largest absolute Gasteiger partial charge is 0.486 e. The molecule has 1 amide bonds. The number of nitrogens with one attached hydrogen (secondary N) is 1. The van der Waals surface area contributed by atoms with E-state index >= 15 is 0 Å². The Morgan fingerprint density at radius 1 is 1.19 bits per heavy atom. The van der Waals surface area contributed by atoms with Crippen LogP contribution in [0, 0.1) is 17.6 Å². The molecule has 0 aliphatic carbocycles. The molecular weight excluding hydrogens is 340 g/mol. The van der Waals surface area contributed by atoms with Gasteiger partial charge in [-0.25, -0.2) is 8.78 Å². The summed E-state index contributed by atoms with van der Waals surface area (Å²) in [5, 5.41) is 2.75. The maximum Gasteiger partial charge on any atom is 0.230 e. The summed E-state index contributed by atoms with van der Waals surface area (Å²) in [4.78, 5) is 12.4. The number of amides is 1. The molecule has 0 aromatic heterocycles. The second-order valence-electron chi connectivity index (χ2n) is 6.77. The number of fused-ring (bicyclic) bond motifs is 2. The third kappa shape index (κ3) is 3.55. The number of hydrogen-bond acceptors (Lipinski definition) is 3. The number of hydrogen-bond donors (Lipinski definition) is 1. The molecule has 2 aromatic rings. The van der Waals surface area contributed by atoms with Crippen molar-refractivity contribution in [3.05, 3.63) is 59.7 Å². The molecule has 2 bridgehead atoms. The van der Waals surface area contributed by atoms with Crippen LogP contribution in [0.3, 0.4) is 0 Å². The Morgan fingerprint density at radius 2 is 2.08 bits per heavy atom. The van der Waals surface area contributed by atoms with Crippen LogP contribution in [0.4, 0.5) is 14.5 Å². The summed E-state index contributed by atoms with van der Waals surface area (Å²) in [5.41, 5.74) is 0.992. The van der Waals surface area contributed by atoms with Gasteiger partial charge in [-0.1, -0.05) is 12.1 Å². The van der Waals surface area contributed by atoms with E-state index in [0.717, 1.165) is 19.3 Å². The van der Waals surface area contributed by atoms with Gasteiger partial charge in [0, 0.05) is 11.8 Å². The molecule has 2 aliphatic rings. The molecule has 2 saturated heterocycles. The lowest BCUT2D eigenvalue weighted by Crippen LogP contribution is -2.30. The molecule has 2 heterocycles. The highest BCUT2D eigenvalue weighted by atomic mass is 19.1. The molecule has 0 unspecified atom stereocenters. The Balaban J connectivity index is 1.37. The number of carbonyl (C=O) groups is 1. The van der Waals surface area contributed by atoms with Crippen molar-refractivity contribution in [1.82, 2.24) is 0 Å². The molecular formula is C20H19F2NO3. The van der Waals surface area contributed by atoms with E-state index in [2.05, 4.69) is 5.32 Å². The van der Waals surface area contributed by atoms with Crippen LogP contribution in [-0.4, -0.2) is 18.1 Å². The zero-order valence-corrected chi connectivity index (χ0v) is 14.1. The van der Waals surface area contributed by atoms with Crippen LogP contribution in [0.2, 0.25) is 0 Å². The standard InChI is InChI=1S/C20H19F2NO3/c21-13-3-1-2-12(8-13)11-25-19-6-4-14(9-17(19)22)23-20(24)16-10-15-5-7-18(16)26-15/h1-4,6,8-9,15-16,18H,5,7,10-11H2,(H,23,24)/t15-,16-,18+/m1/s1. The summed E-state index contributed by atoms with van der Waals surface area (Å²) < 4.78 is 38.5. The summed E-state index contributed by atoms with van der Waals surface area (Å²) >= 11 is 0. The highest BCUT2D eigenvalue weighted by molar-refractivity contribution is 5.93. The molecule has 26 heavy (non-hydrogen) atoms. The molecule has 6 heteroatoms. The lowest BCUT2D eigenvalue weighted by molar-refractivity contribution is -0.121. The van der Waals surface area contributed by atoms with Crippen LogP contribution >= 0.6 is 0 Å². The van der Waals surface area contributed by atoms with E-state index in [1.807, 2.05) is 0 Å². The van der Waals surface area contributed by atoms with Crippen molar-refractivity contribution in [2.75, 3.05) is 5.32 Å². The zero-order valence-electron chi connectivity index (χ0n) is 14.1.